The number of carbonyl (C=O) groups is 1. The number of primary amides is 1. The Morgan fingerprint density at radius 3 is 2.55 bits per heavy atom. The van der Waals surface area contributed by atoms with E-state index in [1.165, 1.54) is 12.5 Å². The van der Waals surface area contributed by atoms with Crippen molar-refractivity contribution >= 4 is 16.9 Å². The van der Waals surface area contributed by atoms with E-state index in [0.29, 0.717) is 16.6 Å². The smallest absolute Gasteiger partial charge is 0.252 e. The Balaban J connectivity index is 0.000000755. The predicted molar refractivity (Wildman–Crippen MR) is 112 cm³/mol. The molecule has 150 valence electrons. The molecular weight excluding hydrogens is 369 g/mol. The van der Waals surface area contributed by atoms with Crippen LogP contribution in [0, 0.1) is 5.82 Å². The van der Waals surface area contributed by atoms with Gasteiger partial charge in [0.25, 0.3) is 5.91 Å². The van der Waals surface area contributed by atoms with Gasteiger partial charge in [-0.2, -0.15) is 5.10 Å². The van der Waals surface area contributed by atoms with Crippen LogP contribution in [0.25, 0.3) is 22.2 Å². The van der Waals surface area contributed by atoms with Gasteiger partial charge in [-0.3, -0.25) is 14.5 Å². The second-order valence-corrected chi connectivity index (χ2v) is 6.82. The predicted octanol–water partition coefficient (Wildman–Crippen LogP) is 4.14. The Morgan fingerprint density at radius 1 is 1.17 bits per heavy atom. The number of fused-ring (bicyclic) bond motifs is 1. The van der Waals surface area contributed by atoms with E-state index >= 15 is 0 Å². The van der Waals surface area contributed by atoms with Crippen LogP contribution < -0.4 is 5.73 Å². The molecule has 29 heavy (non-hydrogen) atoms. The lowest BCUT2D eigenvalue weighted by atomic mass is 10.1. The summed E-state index contributed by atoms with van der Waals surface area (Å²) in [5, 5.41) is 4.11. The average molecular weight is 393 g/mol. The van der Waals surface area contributed by atoms with Crippen molar-refractivity contribution in [2.45, 2.75) is 26.8 Å². The molecule has 0 atom stereocenters. The van der Waals surface area contributed by atoms with Crippen molar-refractivity contribution < 1.29 is 9.18 Å². The van der Waals surface area contributed by atoms with Gasteiger partial charge in [0, 0.05) is 36.8 Å². The molecule has 0 unspecified atom stereocenters. The van der Waals surface area contributed by atoms with Crippen molar-refractivity contribution in [3.05, 3.63) is 72.1 Å². The molecule has 0 aliphatic rings. The van der Waals surface area contributed by atoms with Crippen molar-refractivity contribution in [3.63, 3.8) is 0 Å². The van der Waals surface area contributed by atoms with Crippen LogP contribution in [0.1, 0.15) is 36.2 Å². The van der Waals surface area contributed by atoms with Crippen molar-refractivity contribution in [1.29, 1.82) is 0 Å². The van der Waals surface area contributed by atoms with Crippen LogP contribution in [-0.2, 0) is 13.6 Å². The van der Waals surface area contributed by atoms with Gasteiger partial charge < -0.3 is 10.3 Å². The molecule has 6 nitrogen and oxygen atoms in total. The third-order valence-corrected chi connectivity index (χ3v) is 4.33. The highest BCUT2D eigenvalue weighted by molar-refractivity contribution is 6.04. The normalized spacial score (nSPS) is 10.6. The minimum Gasteiger partial charge on any atom is -0.365 e. The monoisotopic (exact) mass is 393 g/mol. The number of amides is 1. The minimum atomic E-state index is -0.556. The minimum absolute atomic E-state index is 0.272. The van der Waals surface area contributed by atoms with E-state index < -0.39 is 5.91 Å². The van der Waals surface area contributed by atoms with Crippen molar-refractivity contribution in [3.8, 4) is 11.1 Å². The molecule has 0 fully saturated rings. The molecule has 0 aliphatic carbocycles. The van der Waals surface area contributed by atoms with E-state index in [1.807, 2.05) is 25.4 Å². The average Bonchev–Trinajstić information content (AvgIpc) is 3.28. The molecule has 0 aliphatic heterocycles. The van der Waals surface area contributed by atoms with E-state index in [0.717, 1.165) is 16.6 Å². The summed E-state index contributed by atoms with van der Waals surface area (Å²) in [6.45, 7) is 4.52. The first-order valence-electron chi connectivity index (χ1n) is 9.45. The number of hydrogen-bond donors (Lipinski definition) is 1. The Morgan fingerprint density at radius 2 is 1.93 bits per heavy atom. The number of nitrogens with zero attached hydrogens (tertiary/aromatic N) is 4. The fourth-order valence-corrected chi connectivity index (χ4v) is 3.04. The summed E-state index contributed by atoms with van der Waals surface area (Å²) in [4.78, 5) is 15.9. The van der Waals surface area contributed by atoms with Crippen LogP contribution in [0.15, 0.2) is 55.1 Å². The van der Waals surface area contributed by atoms with E-state index in [9.17, 15) is 9.18 Å². The standard InChI is InChI=1S/C19H16FN5O.C3H8/c1-24-9-14(8-23-24)12-4-5-13(16(20)7-12)10-25-11-15(19(21)26)18-17(25)3-2-6-22-18;1-3-2/h2-9,11H,10H2,1H3,(H2,21,26);3H2,1-2H3. The largest absolute Gasteiger partial charge is 0.365 e. The summed E-state index contributed by atoms with van der Waals surface area (Å²) in [7, 11) is 1.82. The van der Waals surface area contributed by atoms with E-state index in [4.69, 9.17) is 5.73 Å². The Hall–Kier alpha value is -3.48. The number of rotatable bonds is 4. The van der Waals surface area contributed by atoms with Crippen molar-refractivity contribution in [2.24, 2.45) is 12.8 Å². The highest BCUT2D eigenvalue weighted by Crippen LogP contribution is 2.24. The van der Waals surface area contributed by atoms with E-state index in [-0.39, 0.29) is 12.4 Å². The molecular formula is C22H24FN5O. The first-order valence-corrected chi connectivity index (χ1v) is 9.45. The van der Waals surface area contributed by atoms with Crippen LogP contribution >= 0.6 is 0 Å². The molecule has 3 aromatic heterocycles. The third kappa shape index (κ3) is 4.34. The molecule has 1 aromatic carbocycles. The molecule has 2 N–H and O–H groups in total. The lowest BCUT2D eigenvalue weighted by molar-refractivity contribution is 0.100. The molecule has 0 saturated carbocycles. The van der Waals surface area contributed by atoms with Gasteiger partial charge in [-0.15, -0.1) is 0 Å². The lowest BCUT2D eigenvalue weighted by Crippen LogP contribution is -2.10. The van der Waals surface area contributed by atoms with Crippen LogP contribution in [0.4, 0.5) is 4.39 Å². The maximum Gasteiger partial charge on any atom is 0.252 e. The zero-order valence-corrected chi connectivity index (χ0v) is 16.8. The lowest BCUT2D eigenvalue weighted by Gasteiger charge is -2.08. The quantitative estimate of drug-likeness (QED) is 0.566. The van der Waals surface area contributed by atoms with Gasteiger partial charge in [-0.25, -0.2) is 4.39 Å². The van der Waals surface area contributed by atoms with Gasteiger partial charge in [0.05, 0.1) is 23.8 Å². The summed E-state index contributed by atoms with van der Waals surface area (Å²) in [5.41, 5.74) is 9.13. The number of benzene rings is 1. The topological polar surface area (TPSA) is 78.7 Å². The highest BCUT2D eigenvalue weighted by atomic mass is 19.1. The number of pyridine rings is 1. The fourth-order valence-electron chi connectivity index (χ4n) is 3.04. The first-order chi connectivity index (χ1) is 13.9. The van der Waals surface area contributed by atoms with Crippen LogP contribution in [-0.4, -0.2) is 25.2 Å². The molecule has 4 rings (SSSR count). The van der Waals surface area contributed by atoms with Gasteiger partial charge in [0.2, 0.25) is 0 Å². The zero-order chi connectivity index (χ0) is 21.0. The summed E-state index contributed by atoms with van der Waals surface area (Å²) in [6.07, 6.45) is 7.99. The highest BCUT2D eigenvalue weighted by Gasteiger charge is 2.15. The van der Waals surface area contributed by atoms with Gasteiger partial charge in [-0.1, -0.05) is 32.4 Å². The summed E-state index contributed by atoms with van der Waals surface area (Å²) < 4.78 is 18.1. The second kappa shape index (κ2) is 8.68. The number of aromatic nitrogens is 4. The molecule has 0 saturated heterocycles. The maximum absolute atomic E-state index is 14.6. The summed E-state index contributed by atoms with van der Waals surface area (Å²) >= 11 is 0. The number of halogens is 1. The molecule has 0 spiro atoms. The van der Waals surface area contributed by atoms with Crippen LogP contribution in [0.5, 0.6) is 0 Å². The van der Waals surface area contributed by atoms with Gasteiger partial charge in [-0.05, 0) is 23.8 Å². The van der Waals surface area contributed by atoms with Gasteiger partial charge in [0.15, 0.2) is 0 Å². The van der Waals surface area contributed by atoms with Crippen molar-refractivity contribution in [1.82, 2.24) is 19.3 Å². The Kier molecular flexibility index (Phi) is 6.07. The molecule has 3 heterocycles. The Labute approximate surface area is 168 Å². The number of nitrogens with two attached hydrogens (primary N) is 1. The third-order valence-electron chi connectivity index (χ3n) is 4.33. The van der Waals surface area contributed by atoms with E-state index in [2.05, 4.69) is 23.9 Å². The van der Waals surface area contributed by atoms with Gasteiger partial charge >= 0.3 is 0 Å². The number of carbonyl (C=O) groups excluding carboxylic acids is 1. The van der Waals surface area contributed by atoms with Crippen molar-refractivity contribution in [2.75, 3.05) is 0 Å². The first kappa shape index (κ1) is 20.3. The number of hydrogen-bond acceptors (Lipinski definition) is 3. The zero-order valence-electron chi connectivity index (χ0n) is 16.8. The van der Waals surface area contributed by atoms with E-state index in [1.54, 1.807) is 40.0 Å². The molecule has 4 aromatic rings. The molecule has 1 amide bonds. The fraction of sp³-hybridized carbons (Fsp3) is 0.227. The number of aryl methyl sites for hydroxylation is 1. The Bertz CT molecular complexity index is 1150. The van der Waals surface area contributed by atoms with Gasteiger partial charge in [0.1, 0.15) is 11.3 Å². The van der Waals surface area contributed by atoms with Crippen LogP contribution in [0.2, 0.25) is 0 Å². The molecule has 0 radical (unpaired) electrons. The second-order valence-electron chi connectivity index (χ2n) is 6.82. The molecule has 7 heteroatoms. The maximum atomic E-state index is 14.6. The van der Waals surface area contributed by atoms with Crippen LogP contribution in [0.3, 0.4) is 0 Å². The SMILES string of the molecule is CCC.Cn1cc(-c2ccc(Cn3cc(C(N)=O)c4ncccc43)c(F)c2)cn1. The summed E-state index contributed by atoms with van der Waals surface area (Å²) in [5.74, 6) is -0.877. The summed E-state index contributed by atoms with van der Waals surface area (Å²) in [6, 6.07) is 8.69. The molecule has 0 bridgehead atoms.